The number of ether oxygens (including phenoxy) is 1. The topological polar surface area (TPSA) is 154 Å². The maximum Gasteiger partial charge on any atom is 0.307 e. The van der Waals surface area contributed by atoms with Crippen LogP contribution < -0.4 is 15.4 Å². The van der Waals surface area contributed by atoms with Gasteiger partial charge in [-0.15, -0.1) is 0 Å². The van der Waals surface area contributed by atoms with Crippen LogP contribution in [0.2, 0.25) is 5.02 Å². The second-order valence-corrected chi connectivity index (χ2v) is 14.9. The minimum Gasteiger partial charge on any atom is -0.481 e. The number of nitrogens with zero attached hydrogens (tertiary/aromatic N) is 4. The number of hydrogen-bond acceptors (Lipinski definition) is 9. The summed E-state index contributed by atoms with van der Waals surface area (Å²) in [6.45, 7) is 4.47. The van der Waals surface area contributed by atoms with Gasteiger partial charge in [0.25, 0.3) is 0 Å². The number of furan rings is 1. The molecule has 0 radical (unpaired) electrons. The summed E-state index contributed by atoms with van der Waals surface area (Å²) in [5.41, 5.74) is 8.48. The number of carboxylic acid groups (broad SMARTS) is 1. The molecule has 272 valence electrons. The van der Waals surface area contributed by atoms with Gasteiger partial charge in [0.05, 0.1) is 35.5 Å². The molecule has 8 rings (SSSR count). The lowest BCUT2D eigenvalue weighted by atomic mass is 9.82. The van der Waals surface area contributed by atoms with E-state index in [1.54, 1.807) is 13.3 Å². The first-order valence-electron chi connectivity index (χ1n) is 18.3. The lowest BCUT2D eigenvalue weighted by molar-refractivity contribution is -0.141. The fourth-order valence-electron chi connectivity index (χ4n) is 8.79. The van der Waals surface area contributed by atoms with Crippen molar-refractivity contribution in [1.29, 1.82) is 5.26 Å². The molecule has 0 spiro atoms. The van der Waals surface area contributed by atoms with E-state index in [0.29, 0.717) is 71.9 Å². The highest BCUT2D eigenvalue weighted by atomic mass is 35.5. The standard InChI is InChI=1S/C41H41ClN6O5/c1-22-26(5-3-6-27(22)33-20-45-34(40(47-33)52-2)19-44-18-25-9-12-37(49)46-25)29-7-4-8-30(38(29)42)36-16-24-15-31-28(32(17-43)39(24)53-36)10-11-35(31)48-14-13-23(21-48)41(50)51/h3-8,16,20,23,25,31,35,44H,9-15,18-19,21H2,1-2H3,(H,46,49)(H,50,51)/t23-,25+,31?,35-/m1/s1. The molecule has 11 nitrogen and oxygen atoms in total. The van der Waals surface area contributed by atoms with E-state index in [4.69, 9.17) is 30.7 Å². The number of nitriles is 1. The number of carbonyl (C=O) groups is 2. The molecule has 1 saturated carbocycles. The molecular weight excluding hydrogens is 692 g/mol. The first kappa shape index (κ1) is 35.0. The lowest BCUT2D eigenvalue weighted by Gasteiger charge is -2.31. The molecule has 2 aromatic carbocycles. The van der Waals surface area contributed by atoms with E-state index in [2.05, 4.69) is 21.6 Å². The Morgan fingerprint density at radius 3 is 2.68 bits per heavy atom. The van der Waals surface area contributed by atoms with Crippen molar-refractivity contribution >= 4 is 29.1 Å². The van der Waals surface area contributed by atoms with Gasteiger partial charge in [-0.05, 0) is 74.4 Å². The highest BCUT2D eigenvalue weighted by Gasteiger charge is 2.44. The van der Waals surface area contributed by atoms with Gasteiger partial charge in [-0.25, -0.2) is 4.98 Å². The van der Waals surface area contributed by atoms with Crippen molar-refractivity contribution in [3.05, 3.63) is 81.8 Å². The Balaban J connectivity index is 1.05. The predicted molar refractivity (Wildman–Crippen MR) is 200 cm³/mol. The Kier molecular flexibility index (Phi) is 9.53. The molecule has 0 bridgehead atoms. The van der Waals surface area contributed by atoms with E-state index in [1.807, 2.05) is 49.4 Å². The van der Waals surface area contributed by atoms with Crippen LogP contribution >= 0.6 is 11.6 Å². The SMILES string of the molecule is COc1nc(-c2cccc(-c3cccc(-c4cc5c(o4)C(C#N)=C4CC[C@@H](N6CC[C@@H](C(=O)O)C6)C4C5)c3Cl)c2C)cnc1CNC[C@@H]1CCC(=O)N1. The average molecular weight is 733 g/mol. The quantitative estimate of drug-likeness (QED) is 0.166. The number of benzene rings is 2. The van der Waals surface area contributed by atoms with E-state index in [0.717, 1.165) is 71.2 Å². The Labute approximate surface area is 313 Å². The molecule has 2 aliphatic heterocycles. The van der Waals surface area contributed by atoms with Gasteiger partial charge >= 0.3 is 5.97 Å². The summed E-state index contributed by atoms with van der Waals surface area (Å²) in [4.78, 5) is 35.0. The van der Waals surface area contributed by atoms with E-state index in [9.17, 15) is 20.0 Å². The van der Waals surface area contributed by atoms with Crippen molar-refractivity contribution in [2.24, 2.45) is 11.8 Å². The normalized spacial score (nSPS) is 22.4. The lowest BCUT2D eigenvalue weighted by Crippen LogP contribution is -2.38. The summed E-state index contributed by atoms with van der Waals surface area (Å²) >= 11 is 7.23. The van der Waals surface area contributed by atoms with Gasteiger partial charge in [-0.3, -0.25) is 19.5 Å². The average Bonchev–Trinajstić information content (AvgIpc) is 3.98. The minimum atomic E-state index is -0.731. The second kappa shape index (κ2) is 14.4. The number of halogens is 1. The summed E-state index contributed by atoms with van der Waals surface area (Å²) in [5, 5.41) is 26.8. The summed E-state index contributed by atoms with van der Waals surface area (Å²) in [6.07, 6.45) is 6.27. The summed E-state index contributed by atoms with van der Waals surface area (Å²) in [5.74, 6) is 0.855. The van der Waals surface area contributed by atoms with Crippen molar-refractivity contribution in [2.45, 2.75) is 64.1 Å². The highest BCUT2D eigenvalue weighted by Crippen LogP contribution is 2.49. The molecule has 4 aromatic rings. The minimum absolute atomic E-state index is 0.0876. The number of carboxylic acids is 1. The van der Waals surface area contributed by atoms with Crippen LogP contribution in [0.25, 0.3) is 39.3 Å². The van der Waals surface area contributed by atoms with Crippen LogP contribution in [0.5, 0.6) is 5.88 Å². The van der Waals surface area contributed by atoms with Crippen LogP contribution in [0, 0.1) is 30.1 Å². The largest absolute Gasteiger partial charge is 0.481 e. The van der Waals surface area contributed by atoms with E-state index in [1.165, 1.54) is 0 Å². The number of hydrogen-bond donors (Lipinski definition) is 3. The Morgan fingerprint density at radius 2 is 1.94 bits per heavy atom. The number of rotatable bonds is 10. The molecule has 3 N–H and O–H groups in total. The number of fused-ring (bicyclic) bond motifs is 2. The van der Waals surface area contributed by atoms with Gasteiger partial charge in [-0.1, -0.05) is 41.9 Å². The number of aliphatic carboxylic acids is 1. The predicted octanol–water partition coefficient (Wildman–Crippen LogP) is 6.43. The second-order valence-electron chi connectivity index (χ2n) is 14.5. The molecule has 2 saturated heterocycles. The monoisotopic (exact) mass is 732 g/mol. The number of nitrogens with one attached hydrogen (secondary N) is 2. The first-order valence-corrected chi connectivity index (χ1v) is 18.6. The van der Waals surface area contributed by atoms with Crippen molar-refractivity contribution in [3.8, 4) is 45.7 Å². The van der Waals surface area contributed by atoms with Gasteiger partial charge in [-0.2, -0.15) is 5.26 Å². The molecule has 53 heavy (non-hydrogen) atoms. The van der Waals surface area contributed by atoms with E-state index in [-0.39, 0.29) is 29.8 Å². The molecular formula is C41H41ClN6O5. The van der Waals surface area contributed by atoms with Gasteiger partial charge < -0.3 is 24.9 Å². The van der Waals surface area contributed by atoms with E-state index >= 15 is 0 Å². The van der Waals surface area contributed by atoms with Crippen molar-refractivity contribution in [3.63, 3.8) is 0 Å². The fourth-order valence-corrected chi connectivity index (χ4v) is 9.11. The van der Waals surface area contributed by atoms with Crippen LogP contribution in [0.1, 0.15) is 54.7 Å². The van der Waals surface area contributed by atoms with Gasteiger partial charge in [0, 0.05) is 66.3 Å². The van der Waals surface area contributed by atoms with E-state index < -0.39 is 5.97 Å². The molecule has 1 unspecified atom stereocenters. The number of aromatic nitrogens is 2. The molecule has 12 heteroatoms. The van der Waals surface area contributed by atoms with Crippen molar-refractivity contribution in [1.82, 2.24) is 25.5 Å². The maximum atomic E-state index is 11.7. The first-order chi connectivity index (χ1) is 25.7. The third-order valence-corrected chi connectivity index (χ3v) is 11.9. The van der Waals surface area contributed by atoms with Crippen LogP contribution in [-0.4, -0.2) is 70.7 Å². The Bertz CT molecular complexity index is 2190. The molecule has 4 heterocycles. The van der Waals surface area contributed by atoms with Crippen LogP contribution in [0.4, 0.5) is 0 Å². The van der Waals surface area contributed by atoms with Crippen LogP contribution in [0.3, 0.4) is 0 Å². The highest BCUT2D eigenvalue weighted by molar-refractivity contribution is 6.36. The smallest absolute Gasteiger partial charge is 0.307 e. The van der Waals surface area contributed by atoms with Crippen LogP contribution in [-0.2, 0) is 22.6 Å². The number of methoxy groups -OCH3 is 1. The molecule has 4 atom stereocenters. The molecule has 3 fully saturated rings. The van der Waals surface area contributed by atoms with Gasteiger partial charge in [0.15, 0.2) is 0 Å². The molecule has 1 amide bonds. The van der Waals surface area contributed by atoms with Gasteiger partial charge in [0.1, 0.15) is 23.3 Å². The number of carbonyl (C=O) groups excluding carboxylic acids is 1. The summed E-state index contributed by atoms with van der Waals surface area (Å²) in [7, 11) is 1.58. The third kappa shape index (κ3) is 6.49. The molecule has 4 aliphatic rings. The fraction of sp³-hybridized carbons (Fsp3) is 0.390. The number of allylic oxidation sites excluding steroid dienone is 1. The molecule has 2 aromatic heterocycles. The van der Waals surface area contributed by atoms with Crippen molar-refractivity contribution in [2.75, 3.05) is 26.7 Å². The summed E-state index contributed by atoms with van der Waals surface area (Å²) in [6, 6.07) is 16.7. The third-order valence-electron chi connectivity index (χ3n) is 11.5. The van der Waals surface area contributed by atoms with Crippen LogP contribution in [0.15, 0.2) is 58.7 Å². The Hall–Kier alpha value is -5.02. The van der Waals surface area contributed by atoms with Crippen molar-refractivity contribution < 1.29 is 23.8 Å². The molecule has 2 aliphatic carbocycles. The Morgan fingerprint density at radius 1 is 1.15 bits per heavy atom. The zero-order valence-electron chi connectivity index (χ0n) is 29.7. The summed E-state index contributed by atoms with van der Waals surface area (Å²) < 4.78 is 12.1. The maximum absolute atomic E-state index is 11.7. The zero-order chi connectivity index (χ0) is 36.8. The van der Waals surface area contributed by atoms with Gasteiger partial charge in [0.2, 0.25) is 11.8 Å². The zero-order valence-corrected chi connectivity index (χ0v) is 30.5. The number of amides is 1. The number of likely N-dealkylation sites (tertiary alicyclic amines) is 1.